The molecule has 0 aromatic carbocycles. The van der Waals surface area contributed by atoms with Crippen LogP contribution >= 0.6 is 0 Å². The zero-order chi connectivity index (χ0) is 5.11. The average molecular weight is 162 g/mol. The molecular weight excluding hydrogens is 155 g/mol. The van der Waals surface area contributed by atoms with E-state index in [2.05, 4.69) is 26.3 Å². The van der Waals surface area contributed by atoms with Gasteiger partial charge < -0.3 is 0 Å². The summed E-state index contributed by atoms with van der Waals surface area (Å²) >= 11 is 2.87. The zero-order valence-corrected chi connectivity index (χ0v) is 5.69. The van der Waals surface area contributed by atoms with Gasteiger partial charge in [-0.15, -0.1) is 0 Å². The summed E-state index contributed by atoms with van der Waals surface area (Å²) in [5, 5.41) is 3.17. The van der Waals surface area contributed by atoms with Gasteiger partial charge in [-0.25, -0.2) is 0 Å². The molecule has 1 radical (unpaired) electrons. The topological polar surface area (TPSA) is 24.4 Å². The van der Waals surface area contributed by atoms with E-state index in [9.17, 15) is 0 Å². The third-order valence-electron chi connectivity index (χ3n) is 0.853. The summed E-state index contributed by atoms with van der Waals surface area (Å²) in [6.45, 7) is 2.90. The molecule has 0 bridgehead atoms. The van der Waals surface area contributed by atoms with Gasteiger partial charge in [0.05, 0.1) is 0 Å². The van der Waals surface area contributed by atoms with Crippen LogP contribution in [-0.4, -0.2) is 40.3 Å². The van der Waals surface area contributed by atoms with Crippen molar-refractivity contribution in [2.24, 2.45) is 4.99 Å². The van der Waals surface area contributed by atoms with Gasteiger partial charge in [0.1, 0.15) is 0 Å². The van der Waals surface area contributed by atoms with Crippen molar-refractivity contribution < 1.29 is 0 Å². The third-order valence-corrected chi connectivity index (χ3v) is 1.43. The number of nitrogens with one attached hydrogen (secondary N) is 1. The number of hydrogen-bond donors (Lipinski definition) is 1. The van der Waals surface area contributed by atoms with Crippen LogP contribution in [0.4, 0.5) is 0 Å². The van der Waals surface area contributed by atoms with E-state index in [1.807, 2.05) is 0 Å². The molecule has 0 atom stereocenters. The Hall–Kier alpha value is 0.149. The van der Waals surface area contributed by atoms with Crippen LogP contribution in [0.2, 0.25) is 0 Å². The first-order valence-electron chi connectivity index (χ1n) is 2.30. The van der Waals surface area contributed by atoms with Gasteiger partial charge in [-0.05, 0) is 0 Å². The van der Waals surface area contributed by atoms with Crippen LogP contribution in [-0.2, 0) is 0 Å². The quantitative estimate of drug-likeness (QED) is 0.461. The third kappa shape index (κ3) is 1.59. The number of rotatable bonds is 0. The van der Waals surface area contributed by atoms with E-state index < -0.39 is 0 Å². The van der Waals surface area contributed by atoms with E-state index in [1.54, 1.807) is 0 Å². The molecule has 0 amide bonds. The molecule has 7 heavy (non-hydrogen) atoms. The van der Waals surface area contributed by atoms with Crippen LogP contribution in [0.15, 0.2) is 4.99 Å². The first-order valence-corrected chi connectivity index (χ1v) is 3.16. The van der Waals surface area contributed by atoms with Gasteiger partial charge in [0.15, 0.2) is 0 Å². The molecule has 0 fully saturated rings. The fourth-order valence-electron chi connectivity index (χ4n) is 0.511. The Labute approximate surface area is 51.2 Å². The van der Waals surface area contributed by atoms with Gasteiger partial charge in [0.2, 0.25) is 0 Å². The molecule has 1 aliphatic rings. The first kappa shape index (κ1) is 5.29. The second-order valence-corrected chi connectivity index (χ2v) is 2.44. The van der Waals surface area contributed by atoms with Crippen LogP contribution in [0.25, 0.3) is 0 Å². The Bertz CT molecular complexity index is 89.7. The summed E-state index contributed by atoms with van der Waals surface area (Å²) in [5.41, 5.74) is 0. The van der Waals surface area contributed by atoms with Crippen molar-refractivity contribution >= 4 is 20.6 Å². The molecule has 0 aromatic heterocycles. The van der Waals surface area contributed by atoms with Gasteiger partial charge in [-0.2, -0.15) is 0 Å². The Morgan fingerprint density at radius 1 is 1.71 bits per heavy atom. The number of nitrogens with zero attached hydrogens (tertiary/aromatic N) is 1. The number of aliphatic imine (C=N–C) groups is 1. The van der Waals surface area contributed by atoms with Gasteiger partial charge in [0, 0.05) is 0 Å². The molecule has 3 heteroatoms. The second kappa shape index (κ2) is 2.46. The Morgan fingerprint density at radius 2 is 2.57 bits per heavy atom. The molecule has 39 valence electrons. The summed E-state index contributed by atoms with van der Waals surface area (Å²) in [7, 11) is 0. The fraction of sp³-hybridized carbons (Fsp3) is 0.750. The van der Waals surface area contributed by atoms with Gasteiger partial charge in [0.25, 0.3) is 0 Å². The van der Waals surface area contributed by atoms with Crippen LogP contribution < -0.4 is 5.32 Å². The van der Waals surface area contributed by atoms with Crippen molar-refractivity contribution in [3.05, 3.63) is 0 Å². The van der Waals surface area contributed by atoms with E-state index >= 15 is 0 Å². The summed E-state index contributed by atoms with van der Waals surface area (Å²) in [5.74, 6) is 0. The molecule has 0 aliphatic carbocycles. The summed E-state index contributed by atoms with van der Waals surface area (Å²) in [6, 6.07) is 0. The molecule has 1 aliphatic heterocycles. The van der Waals surface area contributed by atoms with Crippen LogP contribution in [0.5, 0.6) is 0 Å². The van der Waals surface area contributed by atoms with Crippen LogP contribution in [0.1, 0.15) is 0 Å². The predicted molar refractivity (Wildman–Crippen MR) is 30.9 cm³/mol. The molecule has 0 spiro atoms. The minimum absolute atomic E-state index is 0.931. The van der Waals surface area contributed by atoms with Crippen LogP contribution in [0.3, 0.4) is 0 Å². The van der Waals surface area contributed by atoms with Crippen molar-refractivity contribution in [2.75, 3.05) is 19.6 Å². The van der Waals surface area contributed by atoms with Crippen molar-refractivity contribution in [2.45, 2.75) is 0 Å². The Kier molecular flexibility index (Phi) is 1.86. The zero-order valence-electron chi connectivity index (χ0n) is 3.98. The van der Waals surface area contributed by atoms with E-state index in [0.29, 0.717) is 0 Å². The van der Waals surface area contributed by atoms with Crippen molar-refractivity contribution in [3.63, 3.8) is 0 Å². The molecular formula is C4H7N2Se. The normalized spacial score (nSPS) is 21.4. The average Bonchev–Trinajstić information content (AvgIpc) is 1.69. The standard InChI is InChI=1S/C4H7N2Se/c7-4-3-5-1-2-6-4/h5H,1-3H2. The molecule has 2 nitrogen and oxygen atoms in total. The van der Waals surface area contributed by atoms with Crippen molar-refractivity contribution in [3.8, 4) is 0 Å². The minimum atomic E-state index is 0.931. The molecule has 0 saturated heterocycles. The second-order valence-electron chi connectivity index (χ2n) is 1.45. The molecule has 1 rings (SSSR count). The molecule has 0 saturated carbocycles. The maximum absolute atomic E-state index is 4.13. The first-order chi connectivity index (χ1) is 3.39. The van der Waals surface area contributed by atoms with E-state index in [1.165, 1.54) is 0 Å². The maximum atomic E-state index is 4.13. The van der Waals surface area contributed by atoms with Gasteiger partial charge >= 0.3 is 50.6 Å². The monoisotopic (exact) mass is 163 g/mol. The Balaban J connectivity index is 2.40. The summed E-state index contributed by atoms with van der Waals surface area (Å²) < 4.78 is 1.10. The summed E-state index contributed by atoms with van der Waals surface area (Å²) in [6.07, 6.45) is 0. The predicted octanol–water partition coefficient (Wildman–Crippen LogP) is -0.843. The van der Waals surface area contributed by atoms with E-state index in [-0.39, 0.29) is 0 Å². The molecule has 1 N–H and O–H groups in total. The molecule has 0 unspecified atom stereocenters. The van der Waals surface area contributed by atoms with Crippen molar-refractivity contribution in [1.82, 2.24) is 5.32 Å². The fourth-order valence-corrected chi connectivity index (χ4v) is 0.917. The Morgan fingerprint density at radius 3 is 2.86 bits per heavy atom. The van der Waals surface area contributed by atoms with Crippen molar-refractivity contribution in [1.29, 1.82) is 0 Å². The number of hydrogen-bond acceptors (Lipinski definition) is 2. The SMILES string of the molecule is [Se]C1=NCCNC1. The van der Waals surface area contributed by atoms with Gasteiger partial charge in [-0.1, -0.05) is 0 Å². The molecule has 0 aromatic rings. The van der Waals surface area contributed by atoms with E-state index in [0.717, 1.165) is 24.2 Å². The van der Waals surface area contributed by atoms with Gasteiger partial charge in [-0.3, -0.25) is 0 Å². The molecule has 1 heterocycles. The summed E-state index contributed by atoms with van der Waals surface area (Å²) in [4.78, 5) is 4.13. The van der Waals surface area contributed by atoms with E-state index in [4.69, 9.17) is 0 Å². The van der Waals surface area contributed by atoms with Crippen LogP contribution in [0, 0.1) is 0 Å².